The van der Waals surface area contributed by atoms with Gasteiger partial charge < -0.3 is 18.3 Å². The minimum atomic E-state index is -1.87. The summed E-state index contributed by atoms with van der Waals surface area (Å²) < 4.78 is 26.0. The third-order valence-corrected chi connectivity index (χ3v) is 7.38. The van der Waals surface area contributed by atoms with Gasteiger partial charge in [0.2, 0.25) is 0 Å². The maximum absolute atomic E-state index is 10.9. The molecule has 26 heavy (non-hydrogen) atoms. The lowest BCUT2D eigenvalue weighted by molar-refractivity contribution is -0.143. The fourth-order valence-corrected chi connectivity index (χ4v) is 7.08. The summed E-state index contributed by atoms with van der Waals surface area (Å²) in [6.45, 7) is 19.6. The van der Waals surface area contributed by atoms with Crippen molar-refractivity contribution in [3.8, 4) is 0 Å². The number of rotatable bonds is 7. The van der Waals surface area contributed by atoms with Crippen LogP contribution >= 0.6 is 0 Å². The van der Waals surface area contributed by atoms with Gasteiger partial charge >= 0.3 is 0 Å². The molecule has 0 aromatic heterocycles. The molecule has 0 aliphatic carbocycles. The van der Waals surface area contributed by atoms with Gasteiger partial charge in [0.25, 0.3) is 0 Å². The quantitative estimate of drug-likeness (QED) is 0.366. The van der Waals surface area contributed by atoms with Crippen molar-refractivity contribution in [2.24, 2.45) is 5.41 Å². The van der Waals surface area contributed by atoms with Crippen LogP contribution in [0.15, 0.2) is 12.2 Å². The Hall–Kier alpha value is -0.316. The van der Waals surface area contributed by atoms with Crippen LogP contribution in [0.3, 0.4) is 0 Å². The molecule has 0 unspecified atom stereocenters. The SMILES string of the molecule is CC[C@H]1O[C@@H]2O[C@H](/C=C/C=O)[C@H](O[Si](C)(C)C)[C@]2(C)[C@@]1(C)O[Si](C)(C)C. The number of allylic oxidation sites excluding steroid dienone is 1. The van der Waals surface area contributed by atoms with Gasteiger partial charge in [0.05, 0.1) is 23.2 Å². The zero-order valence-corrected chi connectivity index (χ0v) is 19.8. The van der Waals surface area contributed by atoms with Gasteiger partial charge in [-0.1, -0.05) is 6.92 Å². The van der Waals surface area contributed by atoms with Crippen molar-refractivity contribution < 1.29 is 23.1 Å². The molecule has 2 aliphatic rings. The van der Waals surface area contributed by atoms with E-state index in [9.17, 15) is 4.79 Å². The van der Waals surface area contributed by atoms with Crippen LogP contribution in [0.4, 0.5) is 0 Å². The molecule has 0 aromatic rings. The molecule has 2 fully saturated rings. The highest BCUT2D eigenvalue weighted by molar-refractivity contribution is 6.70. The first-order valence-corrected chi connectivity index (χ1v) is 16.4. The van der Waals surface area contributed by atoms with E-state index in [0.29, 0.717) is 0 Å². The second kappa shape index (κ2) is 7.26. The normalized spacial score (nSPS) is 41.0. The first kappa shape index (κ1) is 22.0. The second-order valence-corrected chi connectivity index (χ2v) is 18.6. The van der Waals surface area contributed by atoms with Crippen LogP contribution in [0.2, 0.25) is 39.3 Å². The Morgan fingerprint density at radius 3 is 2.12 bits per heavy atom. The van der Waals surface area contributed by atoms with E-state index in [1.807, 2.05) is 0 Å². The van der Waals surface area contributed by atoms with Crippen molar-refractivity contribution in [2.75, 3.05) is 0 Å². The smallest absolute Gasteiger partial charge is 0.184 e. The Kier molecular flexibility index (Phi) is 6.13. The predicted octanol–water partition coefficient (Wildman–Crippen LogP) is 4.11. The molecule has 0 saturated carbocycles. The van der Waals surface area contributed by atoms with Crippen molar-refractivity contribution >= 4 is 22.9 Å². The summed E-state index contributed by atoms with van der Waals surface area (Å²) >= 11 is 0. The average Bonchev–Trinajstić information content (AvgIpc) is 2.84. The summed E-state index contributed by atoms with van der Waals surface area (Å²) in [4.78, 5) is 10.9. The van der Waals surface area contributed by atoms with Gasteiger partial charge in [-0.05, 0) is 71.7 Å². The van der Waals surface area contributed by atoms with E-state index in [2.05, 4.69) is 60.1 Å². The van der Waals surface area contributed by atoms with Crippen molar-refractivity contribution in [3.63, 3.8) is 0 Å². The summed E-state index contributed by atoms with van der Waals surface area (Å²) in [5.74, 6) is 0. The Morgan fingerprint density at radius 1 is 1.04 bits per heavy atom. The van der Waals surface area contributed by atoms with Crippen molar-refractivity contribution in [3.05, 3.63) is 12.2 Å². The molecule has 0 N–H and O–H groups in total. The Balaban J connectivity index is 2.52. The molecule has 2 heterocycles. The van der Waals surface area contributed by atoms with Gasteiger partial charge in [-0.25, -0.2) is 0 Å². The highest BCUT2D eigenvalue weighted by atomic mass is 28.4. The maximum Gasteiger partial charge on any atom is 0.184 e. The Labute approximate surface area is 160 Å². The van der Waals surface area contributed by atoms with Gasteiger partial charge in [-0.2, -0.15) is 0 Å². The zero-order chi connectivity index (χ0) is 20.0. The molecule has 6 atom stereocenters. The van der Waals surface area contributed by atoms with Crippen LogP contribution in [0.5, 0.6) is 0 Å². The van der Waals surface area contributed by atoms with E-state index in [1.54, 1.807) is 6.08 Å². The first-order valence-electron chi connectivity index (χ1n) is 9.59. The summed E-state index contributed by atoms with van der Waals surface area (Å²) in [5.41, 5.74) is -0.961. The third-order valence-electron chi connectivity index (χ3n) is 5.38. The van der Waals surface area contributed by atoms with E-state index >= 15 is 0 Å². The molecule has 5 nitrogen and oxygen atoms in total. The van der Waals surface area contributed by atoms with Crippen LogP contribution in [-0.2, 0) is 23.1 Å². The molecular formula is C19H36O5Si2. The molecular weight excluding hydrogens is 364 g/mol. The van der Waals surface area contributed by atoms with Gasteiger partial charge in [0.1, 0.15) is 12.4 Å². The summed E-state index contributed by atoms with van der Waals surface area (Å²) in [7, 11) is -3.71. The molecule has 0 spiro atoms. The van der Waals surface area contributed by atoms with Gasteiger partial charge in [-0.15, -0.1) is 0 Å². The highest BCUT2D eigenvalue weighted by Crippen LogP contribution is 2.59. The lowest BCUT2D eigenvalue weighted by Gasteiger charge is -2.48. The molecule has 0 aromatic carbocycles. The van der Waals surface area contributed by atoms with Crippen molar-refractivity contribution in [2.45, 2.75) is 96.7 Å². The molecule has 2 rings (SSSR count). The number of ether oxygens (including phenoxy) is 2. The number of hydrogen-bond donors (Lipinski definition) is 0. The van der Waals surface area contributed by atoms with E-state index in [4.69, 9.17) is 18.3 Å². The lowest BCUT2D eigenvalue weighted by atomic mass is 9.69. The largest absolute Gasteiger partial charge is 0.411 e. The number of hydrogen-bond acceptors (Lipinski definition) is 5. The third kappa shape index (κ3) is 3.93. The van der Waals surface area contributed by atoms with E-state index in [1.165, 1.54) is 6.08 Å². The lowest BCUT2D eigenvalue weighted by Crippen LogP contribution is -2.61. The Morgan fingerprint density at radius 2 is 1.65 bits per heavy atom. The summed E-state index contributed by atoms with van der Waals surface area (Å²) in [5, 5.41) is 0. The standard InChI is InChI=1S/C19H36O5Si2/c1-10-15-19(3,24-26(7,8)9)18(2)16(23-25(4,5)6)14(12-11-13-20)21-17(18)22-15/h11-17H,10H2,1-9H3/b12-11+/t14-,15-,16+,17+,18+,19+/m1/s1. The maximum atomic E-state index is 10.9. The van der Waals surface area contributed by atoms with Gasteiger partial charge in [-0.3, -0.25) is 4.79 Å². The van der Waals surface area contributed by atoms with E-state index < -0.39 is 33.9 Å². The predicted molar refractivity (Wildman–Crippen MR) is 108 cm³/mol. The van der Waals surface area contributed by atoms with Crippen molar-refractivity contribution in [1.82, 2.24) is 0 Å². The molecule has 7 heteroatoms. The topological polar surface area (TPSA) is 54.0 Å². The molecule has 150 valence electrons. The Bertz CT molecular complexity index is 553. The zero-order valence-electron chi connectivity index (χ0n) is 17.8. The number of carbonyl (C=O) groups is 1. The second-order valence-electron chi connectivity index (χ2n) is 9.74. The van der Waals surface area contributed by atoms with Crippen LogP contribution < -0.4 is 0 Å². The van der Waals surface area contributed by atoms with Crippen molar-refractivity contribution in [1.29, 1.82) is 0 Å². The number of aldehydes is 1. The molecule has 0 amide bonds. The molecule has 0 bridgehead atoms. The van der Waals surface area contributed by atoms with Gasteiger partial charge in [0, 0.05) is 0 Å². The average molecular weight is 401 g/mol. The van der Waals surface area contributed by atoms with Crippen LogP contribution in [0.25, 0.3) is 0 Å². The van der Waals surface area contributed by atoms with Crippen LogP contribution in [0, 0.1) is 5.41 Å². The van der Waals surface area contributed by atoms with E-state index in [-0.39, 0.29) is 18.3 Å². The molecule has 0 radical (unpaired) electrons. The summed E-state index contributed by atoms with van der Waals surface area (Å²) in [6.07, 6.45) is 3.93. The van der Waals surface area contributed by atoms with E-state index in [0.717, 1.165) is 12.7 Å². The minimum Gasteiger partial charge on any atom is -0.411 e. The highest BCUT2D eigenvalue weighted by Gasteiger charge is 2.72. The fraction of sp³-hybridized carbons (Fsp3) is 0.842. The van der Waals surface area contributed by atoms with Crippen LogP contribution in [0.1, 0.15) is 27.2 Å². The van der Waals surface area contributed by atoms with Crippen LogP contribution in [-0.4, -0.2) is 53.1 Å². The monoisotopic (exact) mass is 400 g/mol. The number of fused-ring (bicyclic) bond motifs is 1. The summed E-state index contributed by atoms with van der Waals surface area (Å²) in [6, 6.07) is 0. The van der Waals surface area contributed by atoms with Gasteiger partial charge in [0.15, 0.2) is 22.9 Å². The number of carbonyl (C=O) groups excluding carboxylic acids is 1. The first-order chi connectivity index (χ1) is 11.8. The minimum absolute atomic E-state index is 0.0482. The molecule has 2 saturated heterocycles. The molecule has 2 aliphatic heterocycles. The fourth-order valence-electron chi connectivity index (χ4n) is 4.32.